The van der Waals surface area contributed by atoms with Gasteiger partial charge < -0.3 is 14.8 Å². The fourth-order valence-electron chi connectivity index (χ4n) is 5.58. The van der Waals surface area contributed by atoms with Crippen molar-refractivity contribution in [1.29, 1.82) is 5.26 Å². The molecule has 2 heterocycles. The monoisotopic (exact) mass is 607 g/mol. The number of rotatable bonds is 10. The molecule has 1 N–H and O–H groups in total. The van der Waals surface area contributed by atoms with Gasteiger partial charge in [0.2, 0.25) is 0 Å². The number of hydrogen-bond acceptors (Lipinski definition) is 6. The fraction of sp³-hybridized carbons (Fsp3) is 0.229. The Morgan fingerprint density at radius 3 is 2.73 bits per heavy atom. The summed E-state index contributed by atoms with van der Waals surface area (Å²) < 4.78 is 29.3. The van der Waals surface area contributed by atoms with Crippen LogP contribution in [0.2, 0.25) is 5.02 Å². The summed E-state index contributed by atoms with van der Waals surface area (Å²) in [4.78, 5) is 4.15. The van der Waals surface area contributed by atoms with E-state index < -0.39 is 0 Å². The molecular formula is C35H31ClFN5O2. The third-order valence-corrected chi connectivity index (χ3v) is 8.15. The highest BCUT2D eigenvalue weighted by atomic mass is 35.5. The van der Waals surface area contributed by atoms with Crippen molar-refractivity contribution in [2.45, 2.75) is 45.1 Å². The van der Waals surface area contributed by atoms with E-state index in [2.05, 4.69) is 21.5 Å². The van der Waals surface area contributed by atoms with Crippen LogP contribution in [0.3, 0.4) is 0 Å². The smallest absolute Gasteiger partial charge is 0.142 e. The van der Waals surface area contributed by atoms with E-state index >= 15 is 0 Å². The molecule has 0 spiro atoms. The minimum absolute atomic E-state index is 0.00565. The minimum Gasteiger partial charge on any atom is -0.488 e. The fourth-order valence-corrected chi connectivity index (χ4v) is 5.81. The molecule has 9 heteroatoms. The van der Waals surface area contributed by atoms with Crippen molar-refractivity contribution in [3.8, 4) is 28.7 Å². The van der Waals surface area contributed by atoms with Crippen molar-refractivity contribution in [2.24, 2.45) is 7.05 Å². The van der Waals surface area contributed by atoms with Gasteiger partial charge in [0.25, 0.3) is 0 Å². The van der Waals surface area contributed by atoms with Gasteiger partial charge in [0.1, 0.15) is 36.1 Å². The number of ether oxygens (including phenoxy) is 2. The molecule has 2 aromatic heterocycles. The van der Waals surface area contributed by atoms with Crippen LogP contribution in [0.1, 0.15) is 59.0 Å². The van der Waals surface area contributed by atoms with Crippen molar-refractivity contribution in [3.05, 3.63) is 130 Å². The molecule has 0 saturated carbocycles. The van der Waals surface area contributed by atoms with Crippen molar-refractivity contribution in [2.75, 3.05) is 0 Å². The second-order valence-electron chi connectivity index (χ2n) is 10.9. The maximum Gasteiger partial charge on any atom is 0.142 e. The lowest BCUT2D eigenvalue weighted by Crippen LogP contribution is -2.19. The Kier molecular flexibility index (Phi) is 8.60. The molecule has 0 amide bonds. The molecule has 1 aliphatic carbocycles. The van der Waals surface area contributed by atoms with Crippen LogP contribution in [0, 0.1) is 17.1 Å². The topological polar surface area (TPSA) is 85.0 Å². The molecule has 3 aromatic carbocycles. The number of benzene rings is 3. The Morgan fingerprint density at radius 1 is 1.09 bits per heavy atom. The van der Waals surface area contributed by atoms with Gasteiger partial charge in [0.15, 0.2) is 0 Å². The minimum atomic E-state index is -0.244. The Balaban J connectivity index is 1.27. The predicted molar refractivity (Wildman–Crippen MR) is 167 cm³/mol. The van der Waals surface area contributed by atoms with E-state index in [1.807, 2.05) is 68.7 Å². The molecule has 44 heavy (non-hydrogen) atoms. The Hall–Kier alpha value is -4.71. The summed E-state index contributed by atoms with van der Waals surface area (Å²) in [6.45, 7) is 2.74. The number of aryl methyl sites for hydroxylation is 1. The molecule has 2 atom stereocenters. The Bertz CT molecular complexity index is 1850. The largest absolute Gasteiger partial charge is 0.488 e. The zero-order chi connectivity index (χ0) is 30.6. The highest BCUT2D eigenvalue weighted by Gasteiger charge is 2.28. The van der Waals surface area contributed by atoms with E-state index in [1.54, 1.807) is 23.0 Å². The van der Waals surface area contributed by atoms with Crippen LogP contribution in [-0.2, 0) is 26.6 Å². The van der Waals surface area contributed by atoms with E-state index in [9.17, 15) is 9.65 Å². The first-order chi connectivity index (χ1) is 21.4. The molecule has 5 aromatic rings. The summed E-state index contributed by atoms with van der Waals surface area (Å²) in [5.41, 5.74) is 6.60. The summed E-state index contributed by atoms with van der Waals surface area (Å²) in [5.74, 6) is 0.860. The third-order valence-electron chi connectivity index (χ3n) is 7.86. The average molecular weight is 608 g/mol. The highest BCUT2D eigenvalue weighted by molar-refractivity contribution is 6.32. The van der Waals surface area contributed by atoms with E-state index in [0.717, 1.165) is 46.4 Å². The molecule has 0 aliphatic heterocycles. The number of fused-ring (bicyclic) bond motifs is 1. The van der Waals surface area contributed by atoms with Crippen LogP contribution in [0.4, 0.5) is 4.39 Å². The lowest BCUT2D eigenvalue weighted by atomic mass is 9.96. The van der Waals surface area contributed by atoms with Gasteiger partial charge in [-0.3, -0.25) is 9.67 Å². The van der Waals surface area contributed by atoms with Gasteiger partial charge in [0.05, 0.1) is 16.3 Å². The maximum absolute atomic E-state index is 14.7. The zero-order valence-electron chi connectivity index (χ0n) is 24.4. The van der Waals surface area contributed by atoms with Crippen LogP contribution >= 0.6 is 11.6 Å². The molecule has 1 aliphatic rings. The highest BCUT2D eigenvalue weighted by Crippen LogP contribution is 2.43. The van der Waals surface area contributed by atoms with Gasteiger partial charge in [-0.1, -0.05) is 48.0 Å². The number of pyridine rings is 1. The molecule has 7 nitrogen and oxygen atoms in total. The normalized spacial score (nSPS) is 14.6. The van der Waals surface area contributed by atoms with Crippen LogP contribution in [0.5, 0.6) is 11.5 Å². The van der Waals surface area contributed by atoms with Crippen LogP contribution in [0.25, 0.3) is 11.1 Å². The average Bonchev–Trinajstić information content (AvgIpc) is 3.67. The van der Waals surface area contributed by atoms with Gasteiger partial charge in [0, 0.05) is 61.0 Å². The van der Waals surface area contributed by atoms with E-state index in [4.69, 9.17) is 21.1 Å². The molecule has 1 unspecified atom stereocenters. The van der Waals surface area contributed by atoms with Crippen LogP contribution in [0.15, 0.2) is 85.3 Å². The first kappa shape index (κ1) is 29.4. The summed E-state index contributed by atoms with van der Waals surface area (Å²) in [6.07, 6.45) is 6.37. The number of nitriles is 1. The number of halogens is 2. The lowest BCUT2D eigenvalue weighted by Gasteiger charge is -2.20. The lowest BCUT2D eigenvalue weighted by molar-refractivity contribution is 0.206. The van der Waals surface area contributed by atoms with Gasteiger partial charge in [-0.2, -0.15) is 10.4 Å². The SMILES string of the molecule is CC(NCc1cc(Cl)c(O[C@H]2CCc3c(-c4ccccc4F)cccc32)cc1OCc1cncc(C#N)c1)c1ccn(C)n1. The molecule has 0 radical (unpaired) electrons. The van der Waals surface area contributed by atoms with Crippen LogP contribution < -0.4 is 14.8 Å². The van der Waals surface area contributed by atoms with E-state index in [0.29, 0.717) is 34.2 Å². The summed E-state index contributed by atoms with van der Waals surface area (Å²) in [6, 6.07) is 22.3. The number of nitrogens with zero attached hydrogens (tertiary/aromatic N) is 4. The number of aromatic nitrogens is 3. The summed E-state index contributed by atoms with van der Waals surface area (Å²) >= 11 is 6.83. The van der Waals surface area contributed by atoms with Gasteiger partial charge in [-0.05, 0) is 60.7 Å². The van der Waals surface area contributed by atoms with E-state index in [1.165, 1.54) is 12.3 Å². The molecule has 6 rings (SSSR count). The molecule has 0 fully saturated rings. The second-order valence-corrected chi connectivity index (χ2v) is 11.3. The molecular weight excluding hydrogens is 577 g/mol. The zero-order valence-corrected chi connectivity index (χ0v) is 25.2. The standard InChI is InChI=1S/C35H31ClFN5O2/c1-22(32-12-13-42(2)41-32)40-20-25-15-30(36)35(16-34(25)43-21-24-14-23(17-38)18-39-19-24)44-33-11-10-27-26(7-5-8-29(27)33)28-6-3-4-9-31(28)37/h3-9,12-16,18-19,22,33,40H,10-11,20-21H2,1-2H3/t22?,33-/m0/s1. The number of hydrogen-bond donors (Lipinski definition) is 1. The molecule has 0 bridgehead atoms. The first-order valence-corrected chi connectivity index (χ1v) is 14.8. The second kappa shape index (κ2) is 12.9. The van der Waals surface area contributed by atoms with Crippen molar-refractivity contribution < 1.29 is 13.9 Å². The Labute approximate surface area is 260 Å². The Morgan fingerprint density at radius 2 is 1.93 bits per heavy atom. The number of nitrogens with one attached hydrogen (secondary N) is 1. The molecule has 0 saturated heterocycles. The molecule has 222 valence electrons. The van der Waals surface area contributed by atoms with Gasteiger partial charge in [-0.25, -0.2) is 4.39 Å². The predicted octanol–water partition coefficient (Wildman–Crippen LogP) is 7.64. The summed E-state index contributed by atoms with van der Waals surface area (Å²) in [7, 11) is 1.89. The maximum atomic E-state index is 14.7. The van der Waals surface area contributed by atoms with Gasteiger partial charge >= 0.3 is 0 Å². The van der Waals surface area contributed by atoms with Crippen LogP contribution in [-0.4, -0.2) is 14.8 Å². The van der Waals surface area contributed by atoms with E-state index in [-0.39, 0.29) is 24.6 Å². The summed E-state index contributed by atoms with van der Waals surface area (Å²) in [5, 5.41) is 17.7. The van der Waals surface area contributed by atoms with Crippen molar-refractivity contribution in [1.82, 2.24) is 20.1 Å². The first-order valence-electron chi connectivity index (χ1n) is 14.4. The van der Waals surface area contributed by atoms with Crippen molar-refractivity contribution in [3.63, 3.8) is 0 Å². The van der Waals surface area contributed by atoms with Gasteiger partial charge in [-0.15, -0.1) is 0 Å². The third kappa shape index (κ3) is 6.30. The van der Waals surface area contributed by atoms with Crippen molar-refractivity contribution >= 4 is 11.6 Å². The quantitative estimate of drug-likeness (QED) is 0.176.